The third-order valence-electron chi connectivity index (χ3n) is 15.7. The number of anilines is 2. The molecular formula is C42H42N4O2. The molecule has 0 N–H and O–H groups in total. The zero-order chi connectivity index (χ0) is 31.8. The van der Waals surface area contributed by atoms with Crippen LogP contribution in [0.2, 0.25) is 0 Å². The number of benzene rings is 2. The van der Waals surface area contributed by atoms with E-state index in [0.717, 1.165) is 50.2 Å². The molecule has 10 aliphatic rings. The molecule has 2 aliphatic carbocycles. The van der Waals surface area contributed by atoms with Gasteiger partial charge in [0.25, 0.3) is 11.8 Å². The van der Waals surface area contributed by atoms with Crippen molar-refractivity contribution in [1.29, 1.82) is 0 Å². The zero-order valence-corrected chi connectivity index (χ0v) is 27.8. The minimum absolute atomic E-state index is 0.0143. The molecule has 12 rings (SSSR count). The van der Waals surface area contributed by atoms with Gasteiger partial charge in [0.2, 0.25) is 0 Å². The van der Waals surface area contributed by atoms with Crippen LogP contribution in [0, 0.1) is 23.7 Å². The Bertz CT molecular complexity index is 2010. The van der Waals surface area contributed by atoms with E-state index in [1.54, 1.807) is 5.57 Å². The van der Waals surface area contributed by atoms with Crippen LogP contribution in [-0.4, -0.2) is 71.5 Å². The van der Waals surface area contributed by atoms with Crippen molar-refractivity contribution in [2.24, 2.45) is 23.7 Å². The molecule has 4 saturated heterocycles. The van der Waals surface area contributed by atoms with Crippen LogP contribution < -0.4 is 9.80 Å². The van der Waals surface area contributed by atoms with Crippen molar-refractivity contribution < 1.29 is 9.59 Å². The van der Waals surface area contributed by atoms with E-state index in [2.05, 4.69) is 106 Å². The summed E-state index contributed by atoms with van der Waals surface area (Å²) in [7, 11) is 0. The number of carbonyl (C=O) groups is 2. The molecule has 48 heavy (non-hydrogen) atoms. The van der Waals surface area contributed by atoms with E-state index in [1.165, 1.54) is 28.8 Å². The lowest BCUT2D eigenvalue weighted by Crippen LogP contribution is -2.66. The lowest BCUT2D eigenvalue weighted by atomic mass is 9.54. The van der Waals surface area contributed by atoms with Gasteiger partial charge in [0.15, 0.2) is 0 Å². The van der Waals surface area contributed by atoms with Crippen molar-refractivity contribution in [1.82, 2.24) is 9.80 Å². The Morgan fingerprint density at radius 3 is 2.23 bits per heavy atom. The second-order valence-electron chi connectivity index (χ2n) is 16.6. The van der Waals surface area contributed by atoms with E-state index >= 15 is 4.79 Å². The first-order valence-corrected chi connectivity index (χ1v) is 18.6. The second-order valence-corrected chi connectivity index (χ2v) is 16.6. The highest BCUT2D eigenvalue weighted by atomic mass is 16.2. The van der Waals surface area contributed by atoms with Crippen LogP contribution in [0.4, 0.5) is 11.4 Å². The quantitative estimate of drug-likeness (QED) is 0.389. The van der Waals surface area contributed by atoms with E-state index in [4.69, 9.17) is 0 Å². The smallest absolute Gasteiger partial charge is 0.255 e. The Labute approximate surface area is 282 Å². The van der Waals surface area contributed by atoms with Gasteiger partial charge in [0, 0.05) is 70.8 Å². The minimum atomic E-state index is -0.187. The van der Waals surface area contributed by atoms with Gasteiger partial charge in [0.05, 0.1) is 12.1 Å². The summed E-state index contributed by atoms with van der Waals surface area (Å²) in [5, 5.41) is 0. The highest BCUT2D eigenvalue weighted by Gasteiger charge is 2.73. The zero-order valence-electron chi connectivity index (χ0n) is 27.8. The number of fused-ring (bicyclic) bond motifs is 8. The van der Waals surface area contributed by atoms with Gasteiger partial charge in [0.1, 0.15) is 0 Å². The molecule has 242 valence electrons. The summed E-state index contributed by atoms with van der Waals surface area (Å²) in [5.41, 5.74) is 8.92. The fourth-order valence-corrected chi connectivity index (χ4v) is 14.2. The summed E-state index contributed by atoms with van der Waals surface area (Å²) in [4.78, 5) is 39.2. The Morgan fingerprint density at radius 1 is 0.771 bits per heavy atom. The van der Waals surface area contributed by atoms with E-state index in [0.29, 0.717) is 35.8 Å². The SMILES string of the molecule is C/C=C1\CN2CC[C@]34c5ccccc5N5C(=O)C([C@H]6C[C@]78c9ccccc9N9C(=O)C=C[C@H]([C@H]97)[C@H]7C[C@@H]8N6C/C7=C/C)=C[C@H]([C@H]53)[C@H]1C[C@H]24. The number of rotatable bonds is 1. The van der Waals surface area contributed by atoms with E-state index in [9.17, 15) is 4.79 Å². The van der Waals surface area contributed by atoms with Crippen molar-refractivity contribution in [3.63, 3.8) is 0 Å². The predicted octanol–water partition coefficient (Wildman–Crippen LogP) is 5.51. The first kappa shape index (κ1) is 27.1. The maximum Gasteiger partial charge on any atom is 0.255 e. The highest BCUT2D eigenvalue weighted by molar-refractivity contribution is 6.10. The van der Waals surface area contributed by atoms with Gasteiger partial charge in [-0.15, -0.1) is 0 Å². The molecule has 4 bridgehead atoms. The van der Waals surface area contributed by atoms with Gasteiger partial charge in [-0.25, -0.2) is 0 Å². The van der Waals surface area contributed by atoms with Crippen LogP contribution in [0.3, 0.4) is 0 Å². The summed E-state index contributed by atoms with van der Waals surface area (Å²) in [5.74, 6) is 1.87. The van der Waals surface area contributed by atoms with E-state index in [1.807, 2.05) is 6.08 Å². The molecule has 2 amide bonds. The molecule has 6 nitrogen and oxygen atoms in total. The Morgan fingerprint density at radius 2 is 1.44 bits per heavy atom. The van der Waals surface area contributed by atoms with Gasteiger partial charge < -0.3 is 9.80 Å². The number of piperidine rings is 2. The monoisotopic (exact) mass is 634 g/mol. The lowest BCUT2D eigenvalue weighted by Gasteiger charge is -2.57. The Kier molecular flexibility index (Phi) is 4.91. The third kappa shape index (κ3) is 2.73. The molecule has 2 aromatic rings. The second kappa shape index (κ2) is 8.70. The number of hydrogen-bond acceptors (Lipinski definition) is 4. The summed E-state index contributed by atoms with van der Waals surface area (Å²) < 4.78 is 0. The van der Waals surface area contributed by atoms with Crippen molar-refractivity contribution >= 4 is 23.2 Å². The van der Waals surface area contributed by atoms with Gasteiger partial charge >= 0.3 is 0 Å². The standard InChI is InChI=1S/C42H42N4O2/c1-3-23-21-43-16-15-41-30-9-5-8-12-33(30)46-39(41)28(27(23)18-35(41)43)17-29(40(46)48)34-20-42-31-10-6-7-11-32(31)45-37(47)14-13-25(38(42)45)26-19-36(42)44(34)22-24(26)4-2/h3-14,17,25-28,34-36,38-39H,15-16,18-22H2,1-2H3/b23-3+,24-4-/t25-,26-,27-,28-,34+,35-,36-,38-,39-,41+,42+/m0/s1. The fourth-order valence-electron chi connectivity index (χ4n) is 14.2. The van der Waals surface area contributed by atoms with Crippen molar-refractivity contribution in [2.45, 2.75) is 80.6 Å². The average molecular weight is 635 g/mol. The minimum Gasteiger partial charge on any atom is -0.304 e. The molecule has 2 saturated carbocycles. The van der Waals surface area contributed by atoms with Crippen molar-refractivity contribution in [3.05, 3.63) is 107 Å². The first-order valence-electron chi connectivity index (χ1n) is 18.6. The van der Waals surface area contributed by atoms with Crippen LogP contribution in [-0.2, 0) is 20.4 Å². The summed E-state index contributed by atoms with van der Waals surface area (Å²) in [6.45, 7) is 7.52. The van der Waals surface area contributed by atoms with E-state index < -0.39 is 0 Å². The van der Waals surface area contributed by atoms with Gasteiger partial charge in [-0.05, 0) is 87.2 Å². The molecule has 2 aromatic carbocycles. The van der Waals surface area contributed by atoms with Crippen LogP contribution >= 0.6 is 0 Å². The molecular weight excluding hydrogens is 592 g/mol. The molecule has 8 aliphatic heterocycles. The maximum atomic E-state index is 15.5. The molecule has 11 atom stereocenters. The maximum absolute atomic E-state index is 15.5. The molecule has 8 heterocycles. The van der Waals surface area contributed by atoms with Gasteiger partial charge in [-0.3, -0.25) is 19.4 Å². The average Bonchev–Trinajstić information content (AvgIpc) is 3.85. The largest absolute Gasteiger partial charge is 0.304 e. The van der Waals surface area contributed by atoms with Gasteiger partial charge in [-0.1, -0.05) is 71.8 Å². The van der Waals surface area contributed by atoms with E-state index in [-0.39, 0.29) is 40.8 Å². The number of amides is 2. The topological polar surface area (TPSA) is 47.1 Å². The predicted molar refractivity (Wildman–Crippen MR) is 186 cm³/mol. The third-order valence-corrected chi connectivity index (χ3v) is 15.7. The van der Waals surface area contributed by atoms with Gasteiger partial charge in [-0.2, -0.15) is 0 Å². The molecule has 6 fully saturated rings. The Balaban J connectivity index is 1.07. The molecule has 0 unspecified atom stereocenters. The summed E-state index contributed by atoms with van der Waals surface area (Å²) >= 11 is 0. The normalized spacial score (nSPS) is 45.5. The molecule has 2 spiro atoms. The van der Waals surface area contributed by atoms with Crippen LogP contribution in [0.5, 0.6) is 0 Å². The summed E-state index contributed by atoms with van der Waals surface area (Å²) in [6, 6.07) is 18.8. The molecule has 6 heteroatoms. The van der Waals surface area contributed by atoms with Crippen LogP contribution in [0.1, 0.15) is 50.7 Å². The number of allylic oxidation sites excluding steroid dienone is 2. The van der Waals surface area contributed by atoms with Crippen molar-refractivity contribution in [2.75, 3.05) is 29.4 Å². The number of para-hydroxylation sites is 2. The molecule has 0 radical (unpaired) electrons. The molecule has 0 aromatic heterocycles. The number of carbonyl (C=O) groups excluding carboxylic acids is 2. The highest BCUT2D eigenvalue weighted by Crippen LogP contribution is 2.68. The fraction of sp³-hybridized carbons (Fsp3) is 0.476. The van der Waals surface area contributed by atoms with Crippen molar-refractivity contribution in [3.8, 4) is 0 Å². The summed E-state index contributed by atoms with van der Waals surface area (Å²) in [6.07, 6.45) is 15.7. The number of nitrogens with zero attached hydrogens (tertiary/aromatic N) is 4. The Hall–Kier alpha value is -3.74. The first-order chi connectivity index (χ1) is 23.5. The lowest BCUT2D eigenvalue weighted by molar-refractivity contribution is -0.118. The van der Waals surface area contributed by atoms with Crippen LogP contribution in [0.25, 0.3) is 0 Å². The number of hydrogen-bond donors (Lipinski definition) is 0. The van der Waals surface area contributed by atoms with Crippen LogP contribution in [0.15, 0.2) is 95.6 Å².